The van der Waals surface area contributed by atoms with Crippen molar-refractivity contribution in [3.63, 3.8) is 0 Å². The molecule has 1 unspecified atom stereocenters. The number of rotatable bonds is 3. The summed E-state index contributed by atoms with van der Waals surface area (Å²) >= 11 is 9.65. The first-order valence-corrected chi connectivity index (χ1v) is 7.44. The summed E-state index contributed by atoms with van der Waals surface area (Å²) in [6, 6.07) is 11.7. The van der Waals surface area contributed by atoms with E-state index in [2.05, 4.69) is 21.0 Å². The van der Waals surface area contributed by atoms with Gasteiger partial charge in [-0.3, -0.25) is 0 Å². The third-order valence-corrected chi connectivity index (χ3v) is 4.16. The maximum absolute atomic E-state index is 6.32. The summed E-state index contributed by atoms with van der Waals surface area (Å²) in [5, 5.41) is 5.04. The van der Waals surface area contributed by atoms with Gasteiger partial charge in [-0.15, -0.1) is 0 Å². The van der Waals surface area contributed by atoms with Crippen LogP contribution in [0, 0.1) is 0 Å². The molecule has 102 valence electrons. The largest absolute Gasteiger partial charge is 0.324 e. The molecule has 5 heteroatoms. The monoisotopic (exact) mass is 349 g/mol. The van der Waals surface area contributed by atoms with Gasteiger partial charge in [0.15, 0.2) is 0 Å². The Bertz CT molecular complexity index is 754. The number of hydrogen-bond donors (Lipinski definition) is 1. The molecule has 2 aromatic heterocycles. The average Bonchev–Trinajstić information content (AvgIpc) is 2.86. The predicted molar refractivity (Wildman–Crippen MR) is 85.0 cm³/mol. The molecule has 2 heterocycles. The van der Waals surface area contributed by atoms with Crippen molar-refractivity contribution in [1.29, 1.82) is 0 Å². The normalized spacial score (nSPS) is 12.8. The zero-order valence-electron chi connectivity index (χ0n) is 10.6. The lowest BCUT2D eigenvalue weighted by atomic mass is 10.0. The van der Waals surface area contributed by atoms with Crippen LogP contribution in [0.15, 0.2) is 53.3 Å². The molecule has 0 spiro atoms. The first kappa shape index (κ1) is 13.6. The van der Waals surface area contributed by atoms with Gasteiger partial charge in [0.1, 0.15) is 0 Å². The second-order valence-electron chi connectivity index (χ2n) is 4.68. The van der Waals surface area contributed by atoms with Gasteiger partial charge in [0.25, 0.3) is 0 Å². The topological polar surface area (TPSA) is 43.3 Å². The summed E-state index contributed by atoms with van der Waals surface area (Å²) in [6.45, 7) is 0. The van der Waals surface area contributed by atoms with Gasteiger partial charge in [-0.05, 0) is 36.2 Å². The first-order valence-electron chi connectivity index (χ1n) is 6.27. The summed E-state index contributed by atoms with van der Waals surface area (Å²) < 4.78 is 2.80. The predicted octanol–water partition coefficient (Wildman–Crippen LogP) is 3.99. The summed E-state index contributed by atoms with van der Waals surface area (Å²) in [7, 11) is 0. The molecule has 0 amide bonds. The molecule has 3 aromatic rings. The van der Waals surface area contributed by atoms with Crippen LogP contribution in [0.25, 0.3) is 5.52 Å². The molecule has 0 aliphatic rings. The first-order chi connectivity index (χ1) is 9.65. The Kier molecular flexibility index (Phi) is 3.78. The Labute approximate surface area is 130 Å². The van der Waals surface area contributed by atoms with E-state index in [4.69, 9.17) is 17.3 Å². The lowest BCUT2D eigenvalue weighted by Gasteiger charge is -2.12. The fourth-order valence-corrected chi connectivity index (χ4v) is 3.02. The smallest absolute Gasteiger partial charge is 0.0709 e. The summed E-state index contributed by atoms with van der Waals surface area (Å²) in [4.78, 5) is 0. The van der Waals surface area contributed by atoms with E-state index >= 15 is 0 Å². The molecule has 0 saturated carbocycles. The van der Waals surface area contributed by atoms with Gasteiger partial charge in [-0.1, -0.05) is 39.7 Å². The molecule has 0 aliphatic heterocycles. The molecule has 2 N–H and O–H groups in total. The van der Waals surface area contributed by atoms with Crippen molar-refractivity contribution < 1.29 is 0 Å². The van der Waals surface area contributed by atoms with Crippen molar-refractivity contribution in [3.05, 3.63) is 69.4 Å². The van der Waals surface area contributed by atoms with Gasteiger partial charge in [-0.2, -0.15) is 5.10 Å². The minimum absolute atomic E-state index is 0.131. The molecule has 20 heavy (non-hydrogen) atoms. The number of fused-ring (bicyclic) bond motifs is 1. The molecule has 3 nitrogen and oxygen atoms in total. The second kappa shape index (κ2) is 5.56. The minimum Gasteiger partial charge on any atom is -0.324 e. The van der Waals surface area contributed by atoms with Crippen LogP contribution >= 0.6 is 27.5 Å². The molecule has 0 fully saturated rings. The van der Waals surface area contributed by atoms with Crippen LogP contribution in [0.4, 0.5) is 0 Å². The van der Waals surface area contributed by atoms with E-state index in [1.165, 1.54) is 0 Å². The Hall–Kier alpha value is -1.36. The van der Waals surface area contributed by atoms with Crippen molar-refractivity contribution >= 4 is 33.0 Å². The lowest BCUT2D eigenvalue weighted by molar-refractivity contribution is 0.727. The third-order valence-electron chi connectivity index (χ3n) is 3.31. The Balaban J connectivity index is 1.91. The van der Waals surface area contributed by atoms with Crippen LogP contribution in [-0.2, 0) is 6.42 Å². The van der Waals surface area contributed by atoms with E-state index in [0.29, 0.717) is 6.42 Å². The number of benzene rings is 1. The van der Waals surface area contributed by atoms with Gasteiger partial charge in [0.2, 0.25) is 0 Å². The van der Waals surface area contributed by atoms with Crippen molar-refractivity contribution in [3.8, 4) is 0 Å². The van der Waals surface area contributed by atoms with Crippen LogP contribution in [0.3, 0.4) is 0 Å². The number of pyridine rings is 1. The van der Waals surface area contributed by atoms with E-state index in [1.54, 1.807) is 0 Å². The van der Waals surface area contributed by atoms with Gasteiger partial charge in [0, 0.05) is 27.3 Å². The molecule has 0 aliphatic carbocycles. The number of nitrogens with zero attached hydrogens (tertiary/aromatic N) is 2. The van der Waals surface area contributed by atoms with Gasteiger partial charge in [-0.25, -0.2) is 4.52 Å². The van der Waals surface area contributed by atoms with Crippen molar-refractivity contribution in [2.75, 3.05) is 0 Å². The molecule has 0 saturated heterocycles. The zero-order valence-corrected chi connectivity index (χ0v) is 13.0. The molecule has 1 atom stereocenters. The number of hydrogen-bond acceptors (Lipinski definition) is 2. The van der Waals surface area contributed by atoms with E-state index in [-0.39, 0.29) is 6.04 Å². The molecular formula is C15H13BrClN3. The number of aromatic nitrogens is 2. The Morgan fingerprint density at radius 2 is 2.15 bits per heavy atom. The molecule has 1 aromatic carbocycles. The maximum Gasteiger partial charge on any atom is 0.0709 e. The lowest BCUT2D eigenvalue weighted by Crippen LogP contribution is -2.13. The molecule has 3 rings (SSSR count). The van der Waals surface area contributed by atoms with Crippen LogP contribution in [0.1, 0.15) is 17.2 Å². The van der Waals surface area contributed by atoms with E-state index in [0.717, 1.165) is 26.1 Å². The van der Waals surface area contributed by atoms with Gasteiger partial charge >= 0.3 is 0 Å². The SMILES string of the molecule is NC(Cc1ccc(Br)cc1Cl)c1cnn2ccccc12. The highest BCUT2D eigenvalue weighted by Gasteiger charge is 2.14. The maximum atomic E-state index is 6.32. The quantitative estimate of drug-likeness (QED) is 0.776. The molecular weight excluding hydrogens is 338 g/mol. The highest BCUT2D eigenvalue weighted by Crippen LogP contribution is 2.26. The van der Waals surface area contributed by atoms with Crippen LogP contribution in [0.2, 0.25) is 5.02 Å². The fourth-order valence-electron chi connectivity index (χ4n) is 2.27. The van der Waals surface area contributed by atoms with Crippen molar-refractivity contribution in [2.45, 2.75) is 12.5 Å². The number of nitrogens with two attached hydrogens (primary N) is 1. The van der Waals surface area contributed by atoms with E-state index in [1.807, 2.05) is 53.3 Å². The summed E-state index contributed by atoms with van der Waals surface area (Å²) in [5.74, 6) is 0. The minimum atomic E-state index is -0.131. The Morgan fingerprint density at radius 3 is 2.95 bits per heavy atom. The van der Waals surface area contributed by atoms with Crippen molar-refractivity contribution in [1.82, 2.24) is 9.61 Å². The van der Waals surface area contributed by atoms with Crippen LogP contribution in [-0.4, -0.2) is 9.61 Å². The van der Waals surface area contributed by atoms with E-state index in [9.17, 15) is 0 Å². The molecule has 0 radical (unpaired) electrons. The highest BCUT2D eigenvalue weighted by molar-refractivity contribution is 9.10. The van der Waals surface area contributed by atoms with Crippen LogP contribution < -0.4 is 5.73 Å². The summed E-state index contributed by atoms with van der Waals surface area (Å²) in [6.07, 6.45) is 4.42. The summed E-state index contributed by atoms with van der Waals surface area (Å²) in [5.41, 5.74) is 9.43. The molecule has 0 bridgehead atoms. The third kappa shape index (κ3) is 2.59. The van der Waals surface area contributed by atoms with Crippen LogP contribution in [0.5, 0.6) is 0 Å². The zero-order chi connectivity index (χ0) is 14.1. The van der Waals surface area contributed by atoms with Crippen molar-refractivity contribution in [2.24, 2.45) is 5.73 Å². The standard InChI is InChI=1S/C15H13BrClN3/c16-11-5-4-10(13(17)8-11)7-14(18)12-9-19-20-6-2-1-3-15(12)20/h1-6,8-9,14H,7,18H2. The highest BCUT2D eigenvalue weighted by atomic mass is 79.9. The second-order valence-corrected chi connectivity index (χ2v) is 6.00. The fraction of sp³-hybridized carbons (Fsp3) is 0.133. The average molecular weight is 351 g/mol. The number of halogens is 2. The van der Waals surface area contributed by atoms with E-state index < -0.39 is 0 Å². The van der Waals surface area contributed by atoms with Gasteiger partial charge in [0.05, 0.1) is 11.7 Å². The Morgan fingerprint density at radius 1 is 1.30 bits per heavy atom. The van der Waals surface area contributed by atoms with Gasteiger partial charge < -0.3 is 5.73 Å².